The SMILES string of the molecule is CCC(CC)N(CC(C)C)C(=O)c1cc(Cl)ccc1Br. The molecule has 0 aromatic heterocycles. The number of hydrogen-bond donors (Lipinski definition) is 0. The monoisotopic (exact) mass is 359 g/mol. The average Bonchev–Trinajstić information content (AvgIpc) is 2.40. The van der Waals surface area contributed by atoms with Crippen LogP contribution in [0.3, 0.4) is 0 Å². The van der Waals surface area contributed by atoms with Gasteiger partial charge in [0.2, 0.25) is 0 Å². The van der Waals surface area contributed by atoms with E-state index in [2.05, 4.69) is 43.6 Å². The molecule has 0 aliphatic heterocycles. The van der Waals surface area contributed by atoms with E-state index >= 15 is 0 Å². The molecule has 0 aliphatic carbocycles. The smallest absolute Gasteiger partial charge is 0.255 e. The molecule has 0 bridgehead atoms. The van der Waals surface area contributed by atoms with E-state index in [1.54, 1.807) is 12.1 Å². The zero-order valence-electron chi connectivity index (χ0n) is 12.6. The summed E-state index contributed by atoms with van der Waals surface area (Å²) in [5, 5.41) is 0.589. The number of carbonyl (C=O) groups is 1. The molecule has 0 unspecified atom stereocenters. The highest BCUT2D eigenvalue weighted by Gasteiger charge is 2.24. The third-order valence-corrected chi connectivity index (χ3v) is 4.29. The lowest BCUT2D eigenvalue weighted by Crippen LogP contribution is -2.42. The van der Waals surface area contributed by atoms with Crippen LogP contribution in [-0.2, 0) is 0 Å². The molecule has 20 heavy (non-hydrogen) atoms. The van der Waals surface area contributed by atoms with Crippen molar-refractivity contribution in [3.63, 3.8) is 0 Å². The number of carbonyl (C=O) groups excluding carboxylic acids is 1. The summed E-state index contributed by atoms with van der Waals surface area (Å²) in [7, 11) is 0. The minimum absolute atomic E-state index is 0.0572. The Morgan fingerprint density at radius 3 is 2.40 bits per heavy atom. The van der Waals surface area contributed by atoms with E-state index in [0.29, 0.717) is 16.5 Å². The Morgan fingerprint density at radius 2 is 1.90 bits per heavy atom. The Morgan fingerprint density at radius 1 is 1.30 bits per heavy atom. The molecule has 0 atom stereocenters. The van der Waals surface area contributed by atoms with Gasteiger partial charge in [-0.15, -0.1) is 0 Å². The number of amides is 1. The van der Waals surface area contributed by atoms with Crippen LogP contribution in [0.1, 0.15) is 50.9 Å². The molecule has 4 heteroatoms. The Balaban J connectivity index is 3.12. The summed E-state index contributed by atoms with van der Waals surface area (Å²) in [5.41, 5.74) is 0.644. The van der Waals surface area contributed by atoms with Gasteiger partial charge in [0, 0.05) is 22.1 Å². The van der Waals surface area contributed by atoms with Gasteiger partial charge in [-0.2, -0.15) is 0 Å². The molecule has 0 aliphatic rings. The van der Waals surface area contributed by atoms with E-state index in [1.165, 1.54) is 0 Å². The zero-order valence-corrected chi connectivity index (χ0v) is 15.0. The molecule has 0 heterocycles. The second-order valence-corrected chi connectivity index (χ2v) is 6.74. The number of rotatable bonds is 6. The third-order valence-electron chi connectivity index (χ3n) is 3.36. The molecule has 0 fully saturated rings. The summed E-state index contributed by atoms with van der Waals surface area (Å²) in [6.07, 6.45) is 1.93. The second kappa shape index (κ2) is 8.04. The van der Waals surface area contributed by atoms with Gasteiger partial charge in [0.05, 0.1) is 5.56 Å². The predicted molar refractivity (Wildman–Crippen MR) is 89.4 cm³/mol. The van der Waals surface area contributed by atoms with Crippen LogP contribution in [0.4, 0.5) is 0 Å². The molecule has 1 rings (SSSR count). The van der Waals surface area contributed by atoms with Gasteiger partial charge in [-0.25, -0.2) is 0 Å². The first-order chi connectivity index (χ1) is 9.40. The van der Waals surface area contributed by atoms with Crippen LogP contribution < -0.4 is 0 Å². The number of halogens is 2. The normalized spacial score (nSPS) is 11.2. The van der Waals surface area contributed by atoms with Crippen molar-refractivity contribution in [3.05, 3.63) is 33.3 Å². The maximum absolute atomic E-state index is 12.8. The van der Waals surface area contributed by atoms with E-state index < -0.39 is 0 Å². The highest BCUT2D eigenvalue weighted by Crippen LogP contribution is 2.25. The van der Waals surface area contributed by atoms with Gasteiger partial charge in [-0.3, -0.25) is 4.79 Å². The van der Waals surface area contributed by atoms with Crippen LogP contribution in [0.5, 0.6) is 0 Å². The molecule has 0 radical (unpaired) electrons. The standard InChI is InChI=1S/C16H23BrClNO/c1-5-13(6-2)19(10-11(3)4)16(20)14-9-12(18)7-8-15(14)17/h7-9,11,13H,5-6,10H2,1-4H3. The van der Waals surface area contributed by atoms with Crippen LogP contribution in [0.25, 0.3) is 0 Å². The summed E-state index contributed by atoms with van der Waals surface area (Å²) in [4.78, 5) is 14.8. The lowest BCUT2D eigenvalue weighted by Gasteiger charge is -2.32. The molecule has 0 spiro atoms. The number of benzene rings is 1. The van der Waals surface area contributed by atoms with Crippen LogP contribution in [-0.4, -0.2) is 23.4 Å². The van der Waals surface area contributed by atoms with E-state index in [0.717, 1.165) is 23.9 Å². The van der Waals surface area contributed by atoms with Crippen LogP contribution in [0, 0.1) is 5.92 Å². The topological polar surface area (TPSA) is 20.3 Å². The van der Waals surface area contributed by atoms with Crippen molar-refractivity contribution in [1.29, 1.82) is 0 Å². The van der Waals surface area contributed by atoms with Gasteiger partial charge in [-0.1, -0.05) is 39.3 Å². The molecule has 1 aromatic carbocycles. The van der Waals surface area contributed by atoms with Crippen LogP contribution in [0.15, 0.2) is 22.7 Å². The highest BCUT2D eigenvalue weighted by atomic mass is 79.9. The van der Waals surface area contributed by atoms with E-state index in [9.17, 15) is 4.79 Å². The first kappa shape index (κ1) is 17.5. The fraction of sp³-hybridized carbons (Fsp3) is 0.562. The lowest BCUT2D eigenvalue weighted by molar-refractivity contribution is 0.0639. The molecule has 0 N–H and O–H groups in total. The summed E-state index contributed by atoms with van der Waals surface area (Å²) in [5.74, 6) is 0.499. The third kappa shape index (κ3) is 4.49. The fourth-order valence-corrected chi connectivity index (χ4v) is 2.93. The van der Waals surface area contributed by atoms with Crippen LogP contribution in [0.2, 0.25) is 5.02 Å². The predicted octanol–water partition coefficient (Wildman–Crippen LogP) is 5.39. The summed E-state index contributed by atoms with van der Waals surface area (Å²) in [6.45, 7) is 9.29. The maximum Gasteiger partial charge on any atom is 0.255 e. The minimum Gasteiger partial charge on any atom is -0.335 e. The molecular weight excluding hydrogens is 338 g/mol. The van der Waals surface area contributed by atoms with Crippen molar-refractivity contribution >= 4 is 33.4 Å². The largest absolute Gasteiger partial charge is 0.335 e. The van der Waals surface area contributed by atoms with E-state index in [4.69, 9.17) is 11.6 Å². The van der Waals surface area contributed by atoms with Crippen LogP contribution >= 0.6 is 27.5 Å². The van der Waals surface area contributed by atoms with Crippen molar-refractivity contribution < 1.29 is 4.79 Å². The second-order valence-electron chi connectivity index (χ2n) is 5.45. The van der Waals surface area contributed by atoms with Gasteiger partial charge < -0.3 is 4.90 Å². The Bertz CT molecular complexity index is 458. The first-order valence-corrected chi connectivity index (χ1v) is 8.33. The van der Waals surface area contributed by atoms with Crippen molar-refractivity contribution in [2.24, 2.45) is 5.92 Å². The molecular formula is C16H23BrClNO. The van der Waals surface area contributed by atoms with Crippen molar-refractivity contribution in [2.45, 2.75) is 46.6 Å². The lowest BCUT2D eigenvalue weighted by atomic mass is 10.1. The fourth-order valence-electron chi connectivity index (χ4n) is 2.34. The molecule has 0 saturated carbocycles. The highest BCUT2D eigenvalue weighted by molar-refractivity contribution is 9.10. The molecule has 112 valence electrons. The van der Waals surface area contributed by atoms with E-state index in [-0.39, 0.29) is 11.9 Å². The van der Waals surface area contributed by atoms with E-state index in [1.807, 2.05) is 11.0 Å². The Labute approximate surface area is 135 Å². The first-order valence-electron chi connectivity index (χ1n) is 7.16. The Kier molecular flexibility index (Phi) is 7.04. The summed E-state index contributed by atoms with van der Waals surface area (Å²) >= 11 is 9.48. The van der Waals surface area contributed by atoms with Gasteiger partial charge >= 0.3 is 0 Å². The number of nitrogens with zero attached hydrogens (tertiary/aromatic N) is 1. The quantitative estimate of drug-likeness (QED) is 0.666. The van der Waals surface area contributed by atoms with Crippen molar-refractivity contribution in [3.8, 4) is 0 Å². The molecule has 2 nitrogen and oxygen atoms in total. The van der Waals surface area contributed by atoms with Gasteiger partial charge in [0.1, 0.15) is 0 Å². The Hall–Kier alpha value is -0.540. The molecule has 1 amide bonds. The van der Waals surface area contributed by atoms with Gasteiger partial charge in [0.15, 0.2) is 0 Å². The summed E-state index contributed by atoms with van der Waals surface area (Å²) < 4.78 is 0.798. The van der Waals surface area contributed by atoms with Gasteiger partial charge in [0.25, 0.3) is 5.91 Å². The maximum atomic E-state index is 12.8. The summed E-state index contributed by atoms with van der Waals surface area (Å²) in [6, 6.07) is 5.63. The van der Waals surface area contributed by atoms with Gasteiger partial charge in [-0.05, 0) is 52.9 Å². The average molecular weight is 361 g/mol. The molecule has 1 aromatic rings. The van der Waals surface area contributed by atoms with Crippen molar-refractivity contribution in [1.82, 2.24) is 4.90 Å². The number of hydrogen-bond acceptors (Lipinski definition) is 1. The van der Waals surface area contributed by atoms with Crippen molar-refractivity contribution in [2.75, 3.05) is 6.54 Å². The zero-order chi connectivity index (χ0) is 15.3. The molecule has 0 saturated heterocycles. The minimum atomic E-state index is 0.0572.